The third-order valence-corrected chi connectivity index (χ3v) is 2.86. The second kappa shape index (κ2) is 4.44. The van der Waals surface area contributed by atoms with Crippen LogP contribution in [0, 0.1) is 23.2 Å². The zero-order chi connectivity index (χ0) is 11.5. The summed E-state index contributed by atoms with van der Waals surface area (Å²) >= 11 is 0. The summed E-state index contributed by atoms with van der Waals surface area (Å²) in [6.07, 6.45) is 0.769. The molecule has 0 aromatic heterocycles. The minimum atomic E-state index is 0.0559. The Morgan fingerprint density at radius 2 is 2.06 bits per heavy atom. The molecule has 0 bridgehead atoms. The number of nitriles is 1. The molecule has 1 heterocycles. The van der Waals surface area contributed by atoms with Gasteiger partial charge in [-0.15, -0.1) is 0 Å². The van der Waals surface area contributed by atoms with E-state index in [1.54, 1.807) is 0 Å². The third-order valence-electron chi connectivity index (χ3n) is 2.86. The van der Waals surface area contributed by atoms with Crippen molar-refractivity contribution in [3.8, 4) is 17.6 Å². The fourth-order valence-electron chi connectivity index (χ4n) is 1.75. The van der Waals surface area contributed by atoms with Crippen molar-refractivity contribution < 1.29 is 9.47 Å². The van der Waals surface area contributed by atoms with Gasteiger partial charge in [-0.3, -0.25) is 0 Å². The topological polar surface area (TPSA) is 42.2 Å². The number of fused-ring (bicyclic) bond motifs is 1. The number of benzene rings is 1. The van der Waals surface area contributed by atoms with E-state index in [2.05, 4.69) is 19.9 Å². The molecule has 84 valence electrons. The van der Waals surface area contributed by atoms with Crippen LogP contribution in [-0.2, 0) is 6.42 Å². The van der Waals surface area contributed by atoms with E-state index in [-0.39, 0.29) is 5.92 Å². The van der Waals surface area contributed by atoms with Crippen LogP contribution in [0.4, 0.5) is 0 Å². The Balaban J connectivity index is 2.14. The monoisotopic (exact) mass is 217 g/mol. The lowest BCUT2D eigenvalue weighted by atomic mass is 9.90. The van der Waals surface area contributed by atoms with E-state index in [1.807, 2.05) is 18.2 Å². The Bertz CT molecular complexity index is 420. The molecule has 1 aliphatic rings. The zero-order valence-corrected chi connectivity index (χ0v) is 9.56. The smallest absolute Gasteiger partial charge is 0.231 e. The molecule has 1 atom stereocenters. The van der Waals surface area contributed by atoms with E-state index < -0.39 is 0 Å². The molecule has 0 fully saturated rings. The van der Waals surface area contributed by atoms with Gasteiger partial charge in [0.05, 0.1) is 12.0 Å². The first kappa shape index (κ1) is 10.8. The normalized spacial score (nSPS) is 14.9. The minimum Gasteiger partial charge on any atom is -0.454 e. The van der Waals surface area contributed by atoms with Crippen molar-refractivity contribution in [3.63, 3.8) is 0 Å². The van der Waals surface area contributed by atoms with Gasteiger partial charge in [0.1, 0.15) is 0 Å². The second-order valence-electron chi connectivity index (χ2n) is 4.37. The average molecular weight is 217 g/mol. The van der Waals surface area contributed by atoms with Crippen molar-refractivity contribution in [2.24, 2.45) is 11.8 Å². The third kappa shape index (κ3) is 2.11. The molecule has 1 unspecified atom stereocenters. The van der Waals surface area contributed by atoms with Gasteiger partial charge in [-0.25, -0.2) is 0 Å². The summed E-state index contributed by atoms with van der Waals surface area (Å²) in [6.45, 7) is 4.44. The molecule has 0 spiro atoms. The van der Waals surface area contributed by atoms with Crippen LogP contribution in [0.15, 0.2) is 18.2 Å². The second-order valence-corrected chi connectivity index (χ2v) is 4.37. The van der Waals surface area contributed by atoms with Crippen LogP contribution in [-0.4, -0.2) is 6.79 Å². The van der Waals surface area contributed by atoms with Gasteiger partial charge in [-0.2, -0.15) is 5.26 Å². The van der Waals surface area contributed by atoms with E-state index >= 15 is 0 Å². The van der Waals surface area contributed by atoms with Gasteiger partial charge in [0.15, 0.2) is 11.5 Å². The lowest BCUT2D eigenvalue weighted by Gasteiger charge is -2.12. The first-order valence-corrected chi connectivity index (χ1v) is 5.49. The van der Waals surface area contributed by atoms with Crippen molar-refractivity contribution in [2.45, 2.75) is 20.3 Å². The highest BCUT2D eigenvalue weighted by Gasteiger charge is 2.17. The van der Waals surface area contributed by atoms with Gasteiger partial charge in [-0.1, -0.05) is 19.9 Å². The standard InChI is InChI=1S/C13H15NO2/c1-9(2)11(7-14)5-10-3-4-12-13(6-10)16-8-15-12/h3-4,6,9,11H,5,8H2,1-2H3. The fraction of sp³-hybridized carbons (Fsp3) is 0.462. The Morgan fingerprint density at radius 1 is 1.31 bits per heavy atom. The molecule has 16 heavy (non-hydrogen) atoms. The predicted molar refractivity (Wildman–Crippen MR) is 60.2 cm³/mol. The summed E-state index contributed by atoms with van der Waals surface area (Å²) < 4.78 is 10.6. The molecule has 3 nitrogen and oxygen atoms in total. The highest BCUT2D eigenvalue weighted by Crippen LogP contribution is 2.33. The van der Waals surface area contributed by atoms with Crippen molar-refractivity contribution in [1.29, 1.82) is 5.26 Å². The molecule has 0 N–H and O–H groups in total. The molecule has 0 amide bonds. The largest absolute Gasteiger partial charge is 0.454 e. The molecule has 0 aliphatic carbocycles. The lowest BCUT2D eigenvalue weighted by Crippen LogP contribution is -2.09. The van der Waals surface area contributed by atoms with E-state index in [0.717, 1.165) is 23.5 Å². The van der Waals surface area contributed by atoms with Crippen molar-refractivity contribution in [1.82, 2.24) is 0 Å². The number of nitrogens with zero attached hydrogens (tertiary/aromatic N) is 1. The summed E-state index contributed by atoms with van der Waals surface area (Å²) in [4.78, 5) is 0. The van der Waals surface area contributed by atoms with E-state index in [4.69, 9.17) is 14.7 Å². The Hall–Kier alpha value is -1.69. The van der Waals surface area contributed by atoms with Crippen LogP contribution in [0.3, 0.4) is 0 Å². The van der Waals surface area contributed by atoms with Crippen LogP contribution in [0.25, 0.3) is 0 Å². The molecule has 1 aromatic rings. The van der Waals surface area contributed by atoms with Crippen LogP contribution >= 0.6 is 0 Å². The SMILES string of the molecule is CC(C)C(C#N)Cc1ccc2c(c1)OCO2. The maximum absolute atomic E-state index is 9.05. The van der Waals surface area contributed by atoms with Crippen LogP contribution in [0.1, 0.15) is 19.4 Å². The highest BCUT2D eigenvalue weighted by atomic mass is 16.7. The van der Waals surface area contributed by atoms with Gasteiger partial charge in [0.25, 0.3) is 0 Å². The van der Waals surface area contributed by atoms with Gasteiger partial charge in [-0.05, 0) is 30.0 Å². The first-order valence-electron chi connectivity index (χ1n) is 5.49. The molecule has 3 heteroatoms. The quantitative estimate of drug-likeness (QED) is 0.781. The van der Waals surface area contributed by atoms with Gasteiger partial charge in [0.2, 0.25) is 6.79 Å². The maximum atomic E-state index is 9.05. The molecule has 0 saturated carbocycles. The number of rotatable bonds is 3. The van der Waals surface area contributed by atoms with Gasteiger partial charge >= 0.3 is 0 Å². The molecular weight excluding hydrogens is 202 g/mol. The Morgan fingerprint density at radius 3 is 2.75 bits per heavy atom. The van der Waals surface area contributed by atoms with Crippen molar-refractivity contribution in [3.05, 3.63) is 23.8 Å². The van der Waals surface area contributed by atoms with Crippen LogP contribution in [0.5, 0.6) is 11.5 Å². The van der Waals surface area contributed by atoms with E-state index in [0.29, 0.717) is 12.7 Å². The molecule has 2 rings (SSSR count). The first-order chi connectivity index (χ1) is 7.70. The van der Waals surface area contributed by atoms with Crippen LogP contribution < -0.4 is 9.47 Å². The summed E-state index contributed by atoms with van der Waals surface area (Å²) in [6, 6.07) is 8.22. The Kier molecular flexibility index (Phi) is 3.00. The lowest BCUT2D eigenvalue weighted by molar-refractivity contribution is 0.174. The fourth-order valence-corrected chi connectivity index (χ4v) is 1.75. The average Bonchev–Trinajstić information content (AvgIpc) is 2.72. The Labute approximate surface area is 95.6 Å². The maximum Gasteiger partial charge on any atom is 0.231 e. The van der Waals surface area contributed by atoms with Crippen molar-refractivity contribution in [2.75, 3.05) is 6.79 Å². The highest BCUT2D eigenvalue weighted by molar-refractivity contribution is 5.44. The molecule has 1 aliphatic heterocycles. The predicted octanol–water partition coefficient (Wildman–Crippen LogP) is 2.75. The van der Waals surface area contributed by atoms with Gasteiger partial charge < -0.3 is 9.47 Å². The summed E-state index contributed by atoms with van der Waals surface area (Å²) in [5.41, 5.74) is 1.13. The van der Waals surface area contributed by atoms with Gasteiger partial charge in [0, 0.05) is 0 Å². The van der Waals surface area contributed by atoms with E-state index in [1.165, 1.54) is 0 Å². The van der Waals surface area contributed by atoms with Crippen molar-refractivity contribution >= 4 is 0 Å². The summed E-state index contributed by atoms with van der Waals surface area (Å²) in [7, 11) is 0. The summed E-state index contributed by atoms with van der Waals surface area (Å²) in [5.74, 6) is 2.01. The molecule has 0 radical (unpaired) electrons. The zero-order valence-electron chi connectivity index (χ0n) is 9.56. The summed E-state index contributed by atoms with van der Waals surface area (Å²) in [5, 5.41) is 9.05. The number of hydrogen-bond donors (Lipinski definition) is 0. The van der Waals surface area contributed by atoms with Crippen LogP contribution in [0.2, 0.25) is 0 Å². The molecular formula is C13H15NO2. The molecule has 1 aromatic carbocycles. The number of ether oxygens (including phenoxy) is 2. The minimum absolute atomic E-state index is 0.0559. The number of hydrogen-bond acceptors (Lipinski definition) is 3. The van der Waals surface area contributed by atoms with E-state index in [9.17, 15) is 0 Å². The molecule has 0 saturated heterocycles.